The van der Waals surface area contributed by atoms with Crippen LogP contribution >= 0.6 is 0 Å². The van der Waals surface area contributed by atoms with E-state index in [0.29, 0.717) is 22.7 Å². The molecule has 3 aromatic rings. The second-order valence-electron chi connectivity index (χ2n) is 6.52. The SMILES string of the molecule is O=C(NCCS(=O)(=O)c1ccccc1)Nc1ccc2oc(C3CC3)nc2c1. The van der Waals surface area contributed by atoms with Gasteiger partial charge >= 0.3 is 6.03 Å². The Kier molecular flexibility index (Phi) is 4.57. The van der Waals surface area contributed by atoms with Gasteiger partial charge in [0.25, 0.3) is 0 Å². The first kappa shape index (κ1) is 17.5. The minimum absolute atomic E-state index is 0.0150. The monoisotopic (exact) mass is 385 g/mol. The summed E-state index contributed by atoms with van der Waals surface area (Å²) in [5.41, 5.74) is 1.96. The predicted octanol–water partition coefficient (Wildman–Crippen LogP) is 3.30. The van der Waals surface area contributed by atoms with Crippen molar-refractivity contribution in [1.82, 2.24) is 10.3 Å². The Morgan fingerprint density at radius 3 is 2.67 bits per heavy atom. The summed E-state index contributed by atoms with van der Waals surface area (Å²) in [5.74, 6) is 0.999. The zero-order chi connectivity index (χ0) is 18.9. The van der Waals surface area contributed by atoms with Crippen LogP contribution in [0.3, 0.4) is 0 Å². The van der Waals surface area contributed by atoms with E-state index >= 15 is 0 Å². The number of benzene rings is 2. The van der Waals surface area contributed by atoms with E-state index in [2.05, 4.69) is 15.6 Å². The van der Waals surface area contributed by atoms with Gasteiger partial charge in [0.15, 0.2) is 21.3 Å². The van der Waals surface area contributed by atoms with Gasteiger partial charge in [-0.2, -0.15) is 0 Å². The molecule has 1 saturated carbocycles. The molecule has 0 aliphatic heterocycles. The average Bonchev–Trinajstić information content (AvgIpc) is 3.42. The minimum Gasteiger partial charge on any atom is -0.440 e. The number of oxazole rings is 1. The quantitative estimate of drug-likeness (QED) is 0.678. The fourth-order valence-corrected chi connectivity index (χ4v) is 3.93. The molecule has 2 amide bonds. The Hall–Kier alpha value is -2.87. The van der Waals surface area contributed by atoms with Gasteiger partial charge in [-0.1, -0.05) is 18.2 Å². The molecule has 7 nitrogen and oxygen atoms in total. The summed E-state index contributed by atoms with van der Waals surface area (Å²) < 4.78 is 30.1. The maximum Gasteiger partial charge on any atom is 0.319 e. The van der Waals surface area contributed by atoms with Gasteiger partial charge in [0.1, 0.15) is 5.52 Å². The Labute approximate surface area is 156 Å². The summed E-state index contributed by atoms with van der Waals surface area (Å²) in [6, 6.07) is 12.9. The van der Waals surface area contributed by atoms with Gasteiger partial charge in [0.05, 0.1) is 10.6 Å². The van der Waals surface area contributed by atoms with Crippen molar-refractivity contribution in [2.75, 3.05) is 17.6 Å². The number of fused-ring (bicyclic) bond motifs is 1. The molecule has 1 heterocycles. The number of hydrogen-bond acceptors (Lipinski definition) is 5. The predicted molar refractivity (Wildman–Crippen MR) is 102 cm³/mol. The van der Waals surface area contributed by atoms with Crippen LogP contribution in [0.1, 0.15) is 24.7 Å². The molecule has 2 aromatic carbocycles. The van der Waals surface area contributed by atoms with Crippen LogP contribution in [0.4, 0.5) is 10.5 Å². The number of rotatable bonds is 6. The number of sulfone groups is 1. The first-order valence-electron chi connectivity index (χ1n) is 8.74. The maximum atomic E-state index is 12.2. The minimum atomic E-state index is -3.42. The molecular formula is C19H19N3O4S. The van der Waals surface area contributed by atoms with Crippen LogP contribution in [0.25, 0.3) is 11.1 Å². The highest BCUT2D eigenvalue weighted by Gasteiger charge is 2.28. The van der Waals surface area contributed by atoms with Crippen molar-refractivity contribution in [2.24, 2.45) is 0 Å². The Morgan fingerprint density at radius 1 is 1.15 bits per heavy atom. The normalized spacial score (nSPS) is 14.2. The number of carbonyl (C=O) groups excluding carboxylic acids is 1. The summed E-state index contributed by atoms with van der Waals surface area (Å²) in [6.45, 7) is 0.0150. The van der Waals surface area contributed by atoms with Gasteiger partial charge in [-0.3, -0.25) is 0 Å². The number of nitrogens with one attached hydrogen (secondary N) is 2. The van der Waals surface area contributed by atoms with E-state index in [1.54, 1.807) is 48.5 Å². The average molecular weight is 385 g/mol. The molecular weight excluding hydrogens is 366 g/mol. The van der Waals surface area contributed by atoms with E-state index < -0.39 is 15.9 Å². The molecule has 27 heavy (non-hydrogen) atoms. The van der Waals surface area contributed by atoms with Gasteiger partial charge in [-0.05, 0) is 43.2 Å². The smallest absolute Gasteiger partial charge is 0.319 e. The summed E-state index contributed by atoms with van der Waals surface area (Å²) in [6.07, 6.45) is 2.21. The lowest BCUT2D eigenvalue weighted by Crippen LogP contribution is -2.32. The first-order valence-corrected chi connectivity index (χ1v) is 10.4. The largest absolute Gasteiger partial charge is 0.440 e. The van der Waals surface area contributed by atoms with Gasteiger partial charge in [0, 0.05) is 18.2 Å². The van der Waals surface area contributed by atoms with Gasteiger partial charge in [0.2, 0.25) is 0 Å². The molecule has 8 heteroatoms. The number of amides is 2. The van der Waals surface area contributed by atoms with E-state index in [9.17, 15) is 13.2 Å². The summed E-state index contributed by atoms with van der Waals surface area (Å²) >= 11 is 0. The molecule has 4 rings (SSSR count). The molecule has 0 radical (unpaired) electrons. The third kappa shape index (κ3) is 4.11. The molecule has 1 aliphatic carbocycles. The van der Waals surface area contributed by atoms with E-state index in [-0.39, 0.29) is 17.2 Å². The molecule has 0 saturated heterocycles. The van der Waals surface area contributed by atoms with Gasteiger partial charge in [-0.15, -0.1) is 0 Å². The number of urea groups is 1. The summed E-state index contributed by atoms with van der Waals surface area (Å²) in [5, 5.41) is 5.25. The Balaban J connectivity index is 1.33. The van der Waals surface area contributed by atoms with Crippen molar-refractivity contribution in [3.8, 4) is 0 Å². The molecule has 0 unspecified atom stereocenters. The van der Waals surface area contributed by atoms with Crippen molar-refractivity contribution in [3.05, 3.63) is 54.4 Å². The number of nitrogens with zero attached hydrogens (tertiary/aromatic N) is 1. The van der Waals surface area contributed by atoms with Crippen LogP contribution in [0, 0.1) is 0 Å². The second-order valence-corrected chi connectivity index (χ2v) is 8.63. The molecule has 1 aromatic heterocycles. The second kappa shape index (κ2) is 7.03. The molecule has 0 bridgehead atoms. The lowest BCUT2D eigenvalue weighted by atomic mass is 10.3. The third-order valence-electron chi connectivity index (χ3n) is 4.35. The highest BCUT2D eigenvalue weighted by molar-refractivity contribution is 7.91. The van der Waals surface area contributed by atoms with E-state index in [4.69, 9.17) is 4.42 Å². The van der Waals surface area contributed by atoms with Crippen LogP contribution in [0.2, 0.25) is 0 Å². The van der Waals surface area contributed by atoms with Crippen molar-refractivity contribution >= 4 is 32.7 Å². The zero-order valence-corrected chi connectivity index (χ0v) is 15.3. The van der Waals surface area contributed by atoms with Crippen LogP contribution in [-0.4, -0.2) is 31.7 Å². The number of aromatic nitrogens is 1. The van der Waals surface area contributed by atoms with Crippen LogP contribution in [0.15, 0.2) is 57.8 Å². The molecule has 0 atom stereocenters. The van der Waals surface area contributed by atoms with E-state index in [1.807, 2.05) is 0 Å². The summed E-state index contributed by atoms with van der Waals surface area (Å²) in [7, 11) is -3.42. The fraction of sp³-hybridized carbons (Fsp3) is 0.263. The first-order chi connectivity index (χ1) is 13.0. The number of carbonyl (C=O) groups is 1. The van der Waals surface area contributed by atoms with Crippen LogP contribution in [-0.2, 0) is 9.84 Å². The lowest BCUT2D eigenvalue weighted by Gasteiger charge is -2.08. The van der Waals surface area contributed by atoms with E-state index in [1.165, 1.54) is 0 Å². The Morgan fingerprint density at radius 2 is 1.93 bits per heavy atom. The zero-order valence-electron chi connectivity index (χ0n) is 14.5. The molecule has 1 fully saturated rings. The van der Waals surface area contributed by atoms with Gasteiger partial charge < -0.3 is 15.1 Å². The number of hydrogen-bond donors (Lipinski definition) is 2. The topological polar surface area (TPSA) is 101 Å². The highest BCUT2D eigenvalue weighted by Crippen LogP contribution is 2.40. The Bertz CT molecular complexity index is 1070. The van der Waals surface area contributed by atoms with Gasteiger partial charge in [-0.25, -0.2) is 18.2 Å². The maximum absolute atomic E-state index is 12.2. The van der Waals surface area contributed by atoms with Crippen molar-refractivity contribution < 1.29 is 17.6 Å². The standard InChI is InChI=1S/C19H19N3O4S/c23-19(20-10-11-27(24,25)15-4-2-1-3-5-15)21-14-8-9-17-16(12-14)22-18(26-17)13-6-7-13/h1-5,8-9,12-13H,6-7,10-11H2,(H2,20,21,23). The van der Waals surface area contributed by atoms with E-state index in [0.717, 1.165) is 18.7 Å². The lowest BCUT2D eigenvalue weighted by molar-refractivity contribution is 0.252. The third-order valence-corrected chi connectivity index (χ3v) is 6.08. The van der Waals surface area contributed by atoms with Crippen molar-refractivity contribution in [1.29, 1.82) is 0 Å². The molecule has 140 valence electrons. The molecule has 0 spiro atoms. The summed E-state index contributed by atoms with van der Waals surface area (Å²) in [4.78, 5) is 16.7. The van der Waals surface area contributed by atoms with Crippen molar-refractivity contribution in [2.45, 2.75) is 23.7 Å². The fourth-order valence-electron chi connectivity index (χ4n) is 2.75. The van der Waals surface area contributed by atoms with Crippen LogP contribution < -0.4 is 10.6 Å². The molecule has 1 aliphatic rings. The number of anilines is 1. The highest BCUT2D eigenvalue weighted by atomic mass is 32.2. The van der Waals surface area contributed by atoms with Crippen LogP contribution in [0.5, 0.6) is 0 Å². The van der Waals surface area contributed by atoms with Crippen molar-refractivity contribution in [3.63, 3.8) is 0 Å². The molecule has 2 N–H and O–H groups in total.